The van der Waals surface area contributed by atoms with Crippen molar-refractivity contribution in [3.8, 4) is 0 Å². The van der Waals surface area contributed by atoms with Crippen molar-refractivity contribution in [1.29, 1.82) is 0 Å². The number of likely N-dealkylation sites (N-methyl/N-ethyl adjacent to an activating group) is 1. The van der Waals surface area contributed by atoms with Crippen LogP contribution in [0.1, 0.15) is 31.7 Å². The Hall–Kier alpha value is -1.70. The molecule has 1 N–H and O–H groups in total. The minimum absolute atomic E-state index is 0.307. The van der Waals surface area contributed by atoms with Gasteiger partial charge in [-0.2, -0.15) is 0 Å². The van der Waals surface area contributed by atoms with Gasteiger partial charge in [-0.15, -0.1) is 0 Å². The summed E-state index contributed by atoms with van der Waals surface area (Å²) in [6.07, 6.45) is 1.02. The maximum atomic E-state index is 10.3. The number of fused-ring (bicyclic) bond motifs is 1. The molecular weight excluding hydrogens is 344 g/mol. The molecule has 1 saturated heterocycles. The first-order chi connectivity index (χ1) is 12.9. The molecule has 2 atom stereocenters. The molecule has 2 heterocycles. The molecule has 4 rings (SSSR count). The van der Waals surface area contributed by atoms with Crippen molar-refractivity contribution >= 4 is 16.7 Å². The van der Waals surface area contributed by atoms with E-state index in [9.17, 15) is 5.11 Å². The van der Waals surface area contributed by atoms with Gasteiger partial charge in [-0.25, -0.2) is 4.63 Å². The molecular formula is C20H30N4O3. The summed E-state index contributed by atoms with van der Waals surface area (Å²) < 4.78 is 10.2. The van der Waals surface area contributed by atoms with E-state index < -0.39 is 5.60 Å². The molecule has 1 aromatic heterocycles. The van der Waals surface area contributed by atoms with Crippen molar-refractivity contribution in [2.24, 2.45) is 11.8 Å². The maximum Gasteiger partial charge on any atom is 0.158 e. The number of benzene rings is 1. The normalized spacial score (nSPS) is 23.3. The summed E-state index contributed by atoms with van der Waals surface area (Å²) in [5.74, 6) is 1.35. The molecule has 7 nitrogen and oxygen atoms in total. The van der Waals surface area contributed by atoms with E-state index in [0.29, 0.717) is 17.8 Å². The van der Waals surface area contributed by atoms with E-state index in [1.54, 1.807) is 7.11 Å². The molecule has 7 heteroatoms. The van der Waals surface area contributed by atoms with E-state index in [-0.39, 0.29) is 0 Å². The second-order valence-corrected chi connectivity index (χ2v) is 8.80. The van der Waals surface area contributed by atoms with Gasteiger partial charge in [-0.3, -0.25) is 0 Å². The standard InChI is InChI=1S/C20H30N4O3/c1-20(2,25)16-9-15(16)14-7-17-19(22-27-21-17)18(8-14)24-11-13(12-24)10-23(3)5-6-26-4/h7-8,13,15-16,25H,5-6,9-12H2,1-4H3. The van der Waals surface area contributed by atoms with Crippen LogP contribution >= 0.6 is 0 Å². The lowest BCUT2D eigenvalue weighted by Crippen LogP contribution is -2.51. The van der Waals surface area contributed by atoms with E-state index in [1.165, 1.54) is 5.56 Å². The van der Waals surface area contributed by atoms with Crippen LogP contribution in [0, 0.1) is 11.8 Å². The van der Waals surface area contributed by atoms with Crippen LogP contribution in [0.15, 0.2) is 16.8 Å². The highest BCUT2D eigenvalue weighted by Gasteiger charge is 2.48. The first-order valence-electron chi connectivity index (χ1n) is 9.78. The van der Waals surface area contributed by atoms with Gasteiger partial charge < -0.3 is 19.6 Å². The van der Waals surface area contributed by atoms with Crippen LogP contribution in [0.4, 0.5) is 5.69 Å². The average molecular weight is 374 g/mol. The number of aromatic nitrogens is 2. The van der Waals surface area contributed by atoms with Crippen LogP contribution in [-0.4, -0.2) is 72.9 Å². The minimum Gasteiger partial charge on any atom is -0.390 e. The van der Waals surface area contributed by atoms with E-state index in [4.69, 9.17) is 9.37 Å². The van der Waals surface area contributed by atoms with Gasteiger partial charge in [0, 0.05) is 39.2 Å². The fourth-order valence-electron chi connectivity index (χ4n) is 4.35. The van der Waals surface area contributed by atoms with Gasteiger partial charge in [0.05, 0.1) is 17.9 Å². The lowest BCUT2D eigenvalue weighted by Gasteiger charge is -2.42. The molecule has 1 aromatic carbocycles. The Kier molecular flexibility index (Phi) is 4.86. The molecule has 1 saturated carbocycles. The number of ether oxygens (including phenoxy) is 1. The summed E-state index contributed by atoms with van der Waals surface area (Å²) in [4.78, 5) is 4.69. The minimum atomic E-state index is -0.642. The third-order valence-electron chi connectivity index (χ3n) is 6.03. The van der Waals surface area contributed by atoms with Crippen LogP contribution < -0.4 is 4.90 Å². The Morgan fingerprint density at radius 3 is 2.78 bits per heavy atom. The molecule has 0 amide bonds. The van der Waals surface area contributed by atoms with Crippen LogP contribution in [0.25, 0.3) is 11.0 Å². The van der Waals surface area contributed by atoms with Crippen LogP contribution in [0.2, 0.25) is 0 Å². The first-order valence-corrected chi connectivity index (χ1v) is 9.78. The van der Waals surface area contributed by atoms with Crippen molar-refractivity contribution in [3.05, 3.63) is 17.7 Å². The third kappa shape index (κ3) is 3.81. The van der Waals surface area contributed by atoms with Crippen LogP contribution in [0.3, 0.4) is 0 Å². The zero-order valence-electron chi connectivity index (χ0n) is 16.7. The number of hydrogen-bond donors (Lipinski definition) is 1. The number of aliphatic hydroxyl groups is 1. The van der Waals surface area contributed by atoms with Gasteiger partial charge in [-0.05, 0) is 67.2 Å². The fraction of sp³-hybridized carbons (Fsp3) is 0.700. The number of nitrogens with zero attached hydrogens (tertiary/aromatic N) is 4. The Bertz CT molecular complexity index is 794. The molecule has 2 aliphatic rings. The average Bonchev–Trinajstić information content (AvgIpc) is 3.26. The van der Waals surface area contributed by atoms with Crippen LogP contribution in [-0.2, 0) is 4.74 Å². The zero-order chi connectivity index (χ0) is 19.2. The predicted molar refractivity (Wildman–Crippen MR) is 104 cm³/mol. The summed E-state index contributed by atoms with van der Waals surface area (Å²) in [5.41, 5.74) is 3.35. The second kappa shape index (κ2) is 7.04. The van der Waals surface area contributed by atoms with Crippen LogP contribution in [0.5, 0.6) is 0 Å². The fourth-order valence-corrected chi connectivity index (χ4v) is 4.35. The monoisotopic (exact) mass is 374 g/mol. The van der Waals surface area contributed by atoms with Gasteiger partial charge in [0.15, 0.2) is 5.52 Å². The molecule has 0 spiro atoms. The lowest BCUT2D eigenvalue weighted by atomic mass is 9.95. The lowest BCUT2D eigenvalue weighted by molar-refractivity contribution is 0.0546. The molecule has 148 valence electrons. The number of anilines is 1. The second-order valence-electron chi connectivity index (χ2n) is 8.80. The van der Waals surface area contributed by atoms with E-state index in [1.807, 2.05) is 13.8 Å². The molecule has 2 unspecified atom stereocenters. The first kappa shape index (κ1) is 18.7. The van der Waals surface area contributed by atoms with E-state index in [2.05, 4.69) is 39.3 Å². The summed E-state index contributed by atoms with van der Waals surface area (Å²) in [5, 5.41) is 18.5. The topological polar surface area (TPSA) is 74.9 Å². The largest absolute Gasteiger partial charge is 0.390 e. The van der Waals surface area contributed by atoms with E-state index in [0.717, 1.165) is 55.9 Å². The maximum absolute atomic E-state index is 10.3. The quantitative estimate of drug-likeness (QED) is 0.758. The Labute approximate surface area is 160 Å². The van der Waals surface area contributed by atoms with Crippen molar-refractivity contribution in [2.45, 2.75) is 31.8 Å². The smallest absolute Gasteiger partial charge is 0.158 e. The molecule has 1 aliphatic carbocycles. The van der Waals surface area contributed by atoms with E-state index >= 15 is 0 Å². The molecule has 1 aliphatic heterocycles. The highest BCUT2D eigenvalue weighted by Crippen LogP contribution is 2.54. The van der Waals surface area contributed by atoms with Crippen molar-refractivity contribution in [1.82, 2.24) is 15.2 Å². The summed E-state index contributed by atoms with van der Waals surface area (Å²) >= 11 is 0. The molecule has 0 bridgehead atoms. The highest BCUT2D eigenvalue weighted by atomic mass is 16.6. The van der Waals surface area contributed by atoms with Crippen molar-refractivity contribution in [3.63, 3.8) is 0 Å². The zero-order valence-corrected chi connectivity index (χ0v) is 16.7. The van der Waals surface area contributed by atoms with Crippen molar-refractivity contribution in [2.75, 3.05) is 51.8 Å². The SMILES string of the molecule is COCCN(C)CC1CN(c2cc(C3CC3C(C)(C)O)cc3nonc23)C1. The molecule has 27 heavy (non-hydrogen) atoms. The van der Waals surface area contributed by atoms with Gasteiger partial charge in [0.2, 0.25) is 0 Å². The molecule has 0 radical (unpaired) electrons. The number of methoxy groups -OCH3 is 1. The Balaban J connectivity index is 1.46. The third-order valence-corrected chi connectivity index (χ3v) is 6.03. The Morgan fingerprint density at radius 1 is 1.33 bits per heavy atom. The van der Waals surface area contributed by atoms with Gasteiger partial charge in [-0.1, -0.05) is 0 Å². The summed E-state index contributed by atoms with van der Waals surface area (Å²) in [6, 6.07) is 4.30. The number of rotatable bonds is 8. The molecule has 2 aromatic rings. The summed E-state index contributed by atoms with van der Waals surface area (Å²) in [6.45, 7) is 8.63. The van der Waals surface area contributed by atoms with Crippen molar-refractivity contribution < 1.29 is 14.5 Å². The van der Waals surface area contributed by atoms with Gasteiger partial charge in [0.25, 0.3) is 0 Å². The highest BCUT2D eigenvalue weighted by molar-refractivity contribution is 5.89. The molecule has 2 fully saturated rings. The summed E-state index contributed by atoms with van der Waals surface area (Å²) in [7, 11) is 3.89. The van der Waals surface area contributed by atoms with Gasteiger partial charge >= 0.3 is 0 Å². The Morgan fingerprint density at radius 2 is 2.11 bits per heavy atom. The van der Waals surface area contributed by atoms with Gasteiger partial charge in [0.1, 0.15) is 5.52 Å². The number of hydrogen-bond acceptors (Lipinski definition) is 7. The predicted octanol–water partition coefficient (Wildman–Crippen LogP) is 2.11.